The van der Waals surface area contributed by atoms with Crippen LogP contribution in [0.25, 0.3) is 0 Å². The molecule has 1 aliphatic heterocycles. The first-order chi connectivity index (χ1) is 11.7. The Hall–Kier alpha value is -1.80. The highest BCUT2D eigenvalue weighted by atomic mass is 32.1. The summed E-state index contributed by atoms with van der Waals surface area (Å²) in [5, 5.41) is 5.87. The standard InChI is InChI=1S/C17H21N3O4S/c1-9-7-25-13(19-9)11(12(18)21)20-24-14(22)17-6-10-4-5-16(17,3)15(10,2)8-23-17/h7,10H,4-6,8H2,1-3H3,(H2,18,21)/b20-11+/t10-,15-,16-,17+/m1/s1. The third kappa shape index (κ3) is 1.95. The highest BCUT2D eigenvalue weighted by Crippen LogP contribution is 2.75. The van der Waals surface area contributed by atoms with Gasteiger partial charge < -0.3 is 15.3 Å². The molecule has 8 heteroatoms. The van der Waals surface area contributed by atoms with Crippen LogP contribution in [0.1, 0.15) is 43.8 Å². The topological polar surface area (TPSA) is 104 Å². The van der Waals surface area contributed by atoms with Crippen LogP contribution in [0.5, 0.6) is 0 Å². The minimum Gasteiger partial charge on any atom is -0.364 e. The third-order valence-corrected chi connectivity index (χ3v) is 7.77. The van der Waals surface area contributed by atoms with Crippen molar-refractivity contribution in [3.05, 3.63) is 16.1 Å². The Labute approximate surface area is 149 Å². The zero-order chi connectivity index (χ0) is 18.0. The number of carbonyl (C=O) groups excluding carboxylic acids is 2. The van der Waals surface area contributed by atoms with Crippen molar-refractivity contribution in [1.82, 2.24) is 4.98 Å². The summed E-state index contributed by atoms with van der Waals surface area (Å²) in [6.45, 7) is 6.66. The van der Waals surface area contributed by atoms with Crippen molar-refractivity contribution in [1.29, 1.82) is 0 Å². The van der Waals surface area contributed by atoms with E-state index in [1.54, 1.807) is 12.3 Å². The van der Waals surface area contributed by atoms with Crippen molar-refractivity contribution in [3.63, 3.8) is 0 Å². The molecule has 0 unspecified atom stereocenters. The van der Waals surface area contributed by atoms with Gasteiger partial charge in [-0.15, -0.1) is 11.3 Å². The summed E-state index contributed by atoms with van der Waals surface area (Å²) in [5.41, 5.74) is 4.73. The summed E-state index contributed by atoms with van der Waals surface area (Å²) in [6, 6.07) is 0. The second kappa shape index (κ2) is 5.11. The molecule has 1 aromatic heterocycles. The first kappa shape index (κ1) is 16.7. The summed E-state index contributed by atoms with van der Waals surface area (Å²) in [5.74, 6) is -0.857. The van der Waals surface area contributed by atoms with Gasteiger partial charge in [0, 0.05) is 21.9 Å². The zero-order valence-corrected chi connectivity index (χ0v) is 15.3. The second-order valence-electron chi connectivity index (χ2n) is 7.78. The number of oxime groups is 1. The number of thiazole rings is 1. The van der Waals surface area contributed by atoms with E-state index in [1.807, 2.05) is 0 Å². The third-order valence-electron chi connectivity index (χ3n) is 6.80. The summed E-state index contributed by atoms with van der Waals surface area (Å²) in [6.07, 6.45) is 2.69. The van der Waals surface area contributed by atoms with Crippen molar-refractivity contribution in [2.45, 2.75) is 45.6 Å². The van der Waals surface area contributed by atoms with Crippen LogP contribution in [0.4, 0.5) is 0 Å². The van der Waals surface area contributed by atoms with Crippen LogP contribution < -0.4 is 5.73 Å². The largest absolute Gasteiger partial charge is 0.367 e. The Kier molecular flexibility index (Phi) is 3.40. The molecule has 4 bridgehead atoms. The monoisotopic (exact) mass is 363 g/mol. The molecule has 0 radical (unpaired) electrons. The fourth-order valence-electron chi connectivity index (χ4n) is 5.03. The summed E-state index contributed by atoms with van der Waals surface area (Å²) < 4.78 is 5.97. The molecule has 2 N–H and O–H groups in total. The number of nitrogens with zero attached hydrogens (tertiary/aromatic N) is 2. The Morgan fingerprint density at radius 3 is 2.80 bits per heavy atom. The zero-order valence-electron chi connectivity index (χ0n) is 14.5. The normalized spacial score (nSPS) is 39.0. The van der Waals surface area contributed by atoms with Crippen molar-refractivity contribution in [2.24, 2.45) is 27.6 Å². The van der Waals surface area contributed by atoms with Gasteiger partial charge in [0.25, 0.3) is 5.91 Å². The number of hydrogen-bond acceptors (Lipinski definition) is 7. The molecular formula is C17H21N3O4S. The lowest BCUT2D eigenvalue weighted by atomic mass is 9.66. The van der Waals surface area contributed by atoms with Crippen LogP contribution in [-0.2, 0) is 19.2 Å². The Balaban J connectivity index is 1.61. The van der Waals surface area contributed by atoms with Gasteiger partial charge >= 0.3 is 5.97 Å². The van der Waals surface area contributed by atoms with E-state index in [2.05, 4.69) is 24.0 Å². The van der Waals surface area contributed by atoms with Gasteiger partial charge in [0.2, 0.25) is 5.71 Å². The number of amides is 1. The second-order valence-corrected chi connectivity index (χ2v) is 8.64. The molecule has 4 atom stereocenters. The predicted octanol–water partition coefficient (Wildman–Crippen LogP) is 1.78. The van der Waals surface area contributed by atoms with Gasteiger partial charge in [-0.3, -0.25) is 4.79 Å². The van der Waals surface area contributed by atoms with Gasteiger partial charge in [0.05, 0.1) is 6.61 Å². The fraction of sp³-hybridized carbons (Fsp3) is 0.647. The highest BCUT2D eigenvalue weighted by Gasteiger charge is 2.79. The minimum atomic E-state index is -0.976. The number of hydrogen-bond donors (Lipinski definition) is 1. The van der Waals surface area contributed by atoms with E-state index in [9.17, 15) is 9.59 Å². The Morgan fingerprint density at radius 2 is 2.24 bits per heavy atom. The Bertz CT molecular complexity index is 806. The average Bonchev–Trinajstić information content (AvgIpc) is 3.20. The van der Waals surface area contributed by atoms with Crippen LogP contribution in [-0.4, -0.2) is 34.8 Å². The number of ether oxygens (including phenoxy) is 1. The van der Waals surface area contributed by atoms with Crippen LogP contribution in [0.2, 0.25) is 0 Å². The first-order valence-corrected chi connectivity index (χ1v) is 9.27. The number of aryl methyl sites for hydroxylation is 1. The molecule has 1 aromatic rings. The number of carbonyl (C=O) groups is 2. The molecule has 134 valence electrons. The quantitative estimate of drug-likeness (QED) is 0.499. The summed E-state index contributed by atoms with van der Waals surface area (Å²) >= 11 is 1.23. The van der Waals surface area contributed by atoms with Crippen molar-refractivity contribution < 1.29 is 19.2 Å². The molecule has 1 saturated heterocycles. The molecule has 0 aromatic carbocycles. The van der Waals surface area contributed by atoms with Crippen molar-refractivity contribution in [2.75, 3.05) is 6.61 Å². The van der Waals surface area contributed by atoms with E-state index in [-0.39, 0.29) is 16.5 Å². The number of nitrogens with two attached hydrogens (primary N) is 1. The van der Waals surface area contributed by atoms with Crippen LogP contribution in [0, 0.1) is 23.7 Å². The average molecular weight is 363 g/mol. The molecule has 1 amide bonds. The number of rotatable bonds is 4. The van der Waals surface area contributed by atoms with E-state index in [4.69, 9.17) is 15.3 Å². The van der Waals surface area contributed by atoms with Crippen molar-refractivity contribution in [3.8, 4) is 0 Å². The molecule has 4 rings (SSSR count). The maximum absolute atomic E-state index is 12.9. The lowest BCUT2D eigenvalue weighted by molar-refractivity contribution is -0.181. The first-order valence-electron chi connectivity index (χ1n) is 8.39. The van der Waals surface area contributed by atoms with Gasteiger partial charge in [-0.1, -0.05) is 19.0 Å². The molecule has 2 aliphatic carbocycles. The maximum atomic E-state index is 12.9. The van der Waals surface area contributed by atoms with Crippen molar-refractivity contribution >= 4 is 28.9 Å². The molecule has 2 saturated carbocycles. The molecule has 2 heterocycles. The smallest absolute Gasteiger partial charge is 0.364 e. The van der Waals surface area contributed by atoms with Crippen LogP contribution in [0.3, 0.4) is 0 Å². The van der Waals surface area contributed by atoms with E-state index in [0.29, 0.717) is 24.0 Å². The maximum Gasteiger partial charge on any atom is 0.367 e. The molecule has 25 heavy (non-hydrogen) atoms. The van der Waals surface area contributed by atoms with Gasteiger partial charge in [-0.05, 0) is 32.1 Å². The molecular weight excluding hydrogens is 342 g/mol. The van der Waals surface area contributed by atoms with E-state index < -0.39 is 17.5 Å². The molecule has 3 fully saturated rings. The van der Waals surface area contributed by atoms with Crippen LogP contribution >= 0.6 is 11.3 Å². The molecule has 0 spiro atoms. The lowest BCUT2D eigenvalue weighted by Gasteiger charge is -2.38. The lowest BCUT2D eigenvalue weighted by Crippen LogP contribution is -2.50. The van der Waals surface area contributed by atoms with Gasteiger partial charge in [-0.25, -0.2) is 9.78 Å². The summed E-state index contributed by atoms with van der Waals surface area (Å²) in [7, 11) is 0. The van der Waals surface area contributed by atoms with E-state index in [1.165, 1.54) is 11.3 Å². The fourth-order valence-corrected chi connectivity index (χ4v) is 5.81. The van der Waals surface area contributed by atoms with E-state index >= 15 is 0 Å². The SMILES string of the molecule is Cc1csc(/C(=N/OC(=O)[C@@]23C[C@H]4CC[C@]2(C)[C@]4(C)CO3)C(N)=O)n1. The van der Waals surface area contributed by atoms with Gasteiger partial charge in [-0.2, -0.15) is 0 Å². The van der Waals surface area contributed by atoms with E-state index in [0.717, 1.165) is 18.5 Å². The predicted molar refractivity (Wildman–Crippen MR) is 90.9 cm³/mol. The minimum absolute atomic E-state index is 0.00529. The molecule has 7 nitrogen and oxygen atoms in total. The number of aromatic nitrogens is 1. The van der Waals surface area contributed by atoms with Gasteiger partial charge in [0.1, 0.15) is 0 Å². The van der Waals surface area contributed by atoms with Crippen LogP contribution in [0.15, 0.2) is 10.5 Å². The number of primary amides is 1. The Morgan fingerprint density at radius 1 is 1.48 bits per heavy atom. The summed E-state index contributed by atoms with van der Waals surface area (Å²) in [4.78, 5) is 33.9. The van der Waals surface area contributed by atoms with Gasteiger partial charge in [0.15, 0.2) is 10.6 Å². The molecule has 3 aliphatic rings. The highest BCUT2D eigenvalue weighted by molar-refractivity contribution is 7.12.